The van der Waals surface area contributed by atoms with Crippen molar-refractivity contribution in [3.05, 3.63) is 29.8 Å². The number of carbonyl (C=O) groups excluding carboxylic acids is 1. The van der Waals surface area contributed by atoms with E-state index < -0.39 is 12.1 Å². The van der Waals surface area contributed by atoms with Gasteiger partial charge in [-0.1, -0.05) is 31.9 Å². The molecular weight excluding hydrogens is 386 g/mol. The Kier molecular flexibility index (Phi) is 10.5. The Labute approximate surface area is 179 Å². The minimum Gasteiger partial charge on any atom is -0.492 e. The summed E-state index contributed by atoms with van der Waals surface area (Å²) in [4.78, 5) is 25.4. The van der Waals surface area contributed by atoms with Gasteiger partial charge in [-0.2, -0.15) is 0 Å². The number of hydrogen-bond acceptors (Lipinski definition) is 5. The summed E-state index contributed by atoms with van der Waals surface area (Å²) in [5.41, 5.74) is 0.870. The summed E-state index contributed by atoms with van der Waals surface area (Å²) in [6.45, 7) is 6.13. The van der Waals surface area contributed by atoms with Gasteiger partial charge in [0.05, 0.1) is 13.2 Å². The van der Waals surface area contributed by atoms with Crippen LogP contribution in [0.2, 0.25) is 0 Å². The van der Waals surface area contributed by atoms with E-state index >= 15 is 0 Å². The van der Waals surface area contributed by atoms with Crippen LogP contribution in [0.1, 0.15) is 51.5 Å². The summed E-state index contributed by atoms with van der Waals surface area (Å²) in [5, 5.41) is 9.20. The number of benzene rings is 1. The van der Waals surface area contributed by atoms with Crippen LogP contribution >= 0.6 is 0 Å². The fraction of sp³-hybridized carbons (Fsp3) is 0.652. The first kappa shape index (κ1) is 24.0. The molecule has 0 heterocycles. The molecule has 0 aliphatic heterocycles. The highest BCUT2D eigenvalue weighted by Gasteiger charge is 2.23. The first-order chi connectivity index (χ1) is 14.5. The van der Waals surface area contributed by atoms with Crippen LogP contribution in [0.25, 0.3) is 0 Å². The van der Waals surface area contributed by atoms with Crippen molar-refractivity contribution in [2.45, 2.75) is 58.5 Å². The normalized spacial score (nSPS) is 15.0. The zero-order valence-electron chi connectivity index (χ0n) is 18.2. The van der Waals surface area contributed by atoms with E-state index in [1.807, 2.05) is 31.2 Å². The average molecular weight is 422 g/mol. The lowest BCUT2D eigenvalue weighted by Gasteiger charge is -2.25. The maximum absolute atomic E-state index is 12.4. The number of amides is 1. The summed E-state index contributed by atoms with van der Waals surface area (Å²) >= 11 is 0. The number of rotatable bonds is 13. The number of carboxylic acids is 1. The molecule has 1 atom stereocenters. The molecule has 0 saturated heterocycles. The largest absolute Gasteiger partial charge is 0.492 e. The van der Waals surface area contributed by atoms with Gasteiger partial charge in [0, 0.05) is 19.6 Å². The molecule has 1 unspecified atom stereocenters. The van der Waals surface area contributed by atoms with E-state index in [9.17, 15) is 14.7 Å². The topological polar surface area (TPSA) is 85.3 Å². The molecule has 0 radical (unpaired) electrons. The van der Waals surface area contributed by atoms with Crippen LogP contribution in [0.15, 0.2) is 24.3 Å². The zero-order valence-corrected chi connectivity index (χ0v) is 18.2. The quantitative estimate of drug-likeness (QED) is 0.515. The van der Waals surface area contributed by atoms with Gasteiger partial charge in [-0.3, -0.25) is 0 Å². The molecule has 1 N–H and O–H groups in total. The van der Waals surface area contributed by atoms with Crippen molar-refractivity contribution in [1.82, 2.24) is 4.90 Å². The van der Waals surface area contributed by atoms with E-state index in [4.69, 9.17) is 14.2 Å². The molecule has 1 saturated carbocycles. The summed E-state index contributed by atoms with van der Waals surface area (Å²) in [5.74, 6) is 0.269. The molecule has 7 heteroatoms. The summed E-state index contributed by atoms with van der Waals surface area (Å²) < 4.78 is 16.4. The van der Waals surface area contributed by atoms with E-state index in [-0.39, 0.29) is 6.09 Å². The summed E-state index contributed by atoms with van der Waals surface area (Å²) in [7, 11) is 0. The van der Waals surface area contributed by atoms with Crippen LogP contribution in [0.4, 0.5) is 4.79 Å². The van der Waals surface area contributed by atoms with Gasteiger partial charge in [-0.05, 0) is 49.8 Å². The third kappa shape index (κ3) is 8.22. The Morgan fingerprint density at radius 3 is 2.43 bits per heavy atom. The molecule has 1 fully saturated rings. The van der Waals surface area contributed by atoms with Crippen molar-refractivity contribution in [2.24, 2.45) is 5.92 Å². The Morgan fingerprint density at radius 1 is 1.13 bits per heavy atom. The number of carboxylic acid groups (broad SMARTS) is 1. The second kappa shape index (κ2) is 13.1. The molecule has 1 aromatic carbocycles. The van der Waals surface area contributed by atoms with Crippen LogP contribution in [0, 0.1) is 5.92 Å². The van der Waals surface area contributed by atoms with Crippen LogP contribution in [-0.4, -0.2) is 61.1 Å². The highest BCUT2D eigenvalue weighted by atomic mass is 16.6. The SMILES string of the molecule is CCCOC(=O)N(CCOc1ccc(CC(OCC)C(=O)O)cc1)CC1CCCC1. The van der Waals surface area contributed by atoms with E-state index in [1.165, 1.54) is 25.7 Å². The lowest BCUT2D eigenvalue weighted by molar-refractivity contribution is -0.149. The smallest absolute Gasteiger partial charge is 0.409 e. The van der Waals surface area contributed by atoms with Crippen LogP contribution in [0.5, 0.6) is 5.75 Å². The van der Waals surface area contributed by atoms with E-state index in [2.05, 4.69) is 0 Å². The fourth-order valence-corrected chi connectivity index (χ4v) is 3.67. The third-order valence-electron chi connectivity index (χ3n) is 5.26. The maximum Gasteiger partial charge on any atom is 0.409 e. The number of carbonyl (C=O) groups is 2. The molecule has 0 aromatic heterocycles. The molecule has 1 aromatic rings. The zero-order chi connectivity index (χ0) is 21.8. The Balaban J connectivity index is 1.84. The first-order valence-corrected chi connectivity index (χ1v) is 11.0. The Bertz CT molecular complexity index is 642. The maximum atomic E-state index is 12.4. The van der Waals surface area contributed by atoms with Crippen molar-refractivity contribution in [1.29, 1.82) is 0 Å². The van der Waals surface area contributed by atoms with Gasteiger partial charge >= 0.3 is 12.1 Å². The first-order valence-electron chi connectivity index (χ1n) is 11.0. The molecule has 1 aliphatic carbocycles. The highest BCUT2D eigenvalue weighted by molar-refractivity contribution is 5.72. The molecule has 0 spiro atoms. The molecule has 0 bridgehead atoms. The molecule has 30 heavy (non-hydrogen) atoms. The Morgan fingerprint density at radius 2 is 1.83 bits per heavy atom. The van der Waals surface area contributed by atoms with Crippen molar-refractivity contribution in [2.75, 3.05) is 32.9 Å². The second-order valence-corrected chi connectivity index (χ2v) is 7.69. The van der Waals surface area contributed by atoms with E-state index in [1.54, 1.807) is 11.8 Å². The molecular formula is C23H35NO6. The minimum absolute atomic E-state index is 0.265. The number of nitrogens with zero attached hydrogens (tertiary/aromatic N) is 1. The predicted molar refractivity (Wildman–Crippen MR) is 114 cm³/mol. The number of ether oxygens (including phenoxy) is 3. The molecule has 2 rings (SSSR count). The standard InChI is InChI=1S/C23H35NO6/c1-3-14-30-23(27)24(17-19-7-5-6-8-19)13-15-29-20-11-9-18(10-12-20)16-21(22(25)26)28-4-2/h9-12,19,21H,3-8,13-17H2,1-2H3,(H,25,26). The second-order valence-electron chi connectivity index (χ2n) is 7.69. The number of hydrogen-bond donors (Lipinski definition) is 1. The molecule has 7 nitrogen and oxygen atoms in total. The van der Waals surface area contributed by atoms with Gasteiger partial charge in [-0.25, -0.2) is 9.59 Å². The summed E-state index contributed by atoms with van der Waals surface area (Å²) in [6.07, 6.45) is 4.80. The molecule has 168 valence electrons. The van der Waals surface area contributed by atoms with Crippen LogP contribution in [-0.2, 0) is 20.7 Å². The molecule has 1 amide bonds. The van der Waals surface area contributed by atoms with E-state index in [0.29, 0.717) is 44.5 Å². The van der Waals surface area contributed by atoms with Crippen molar-refractivity contribution >= 4 is 12.1 Å². The highest BCUT2D eigenvalue weighted by Crippen LogP contribution is 2.25. The van der Waals surface area contributed by atoms with Crippen molar-refractivity contribution in [3.63, 3.8) is 0 Å². The van der Waals surface area contributed by atoms with Gasteiger partial charge in [0.2, 0.25) is 0 Å². The lowest BCUT2D eigenvalue weighted by Crippen LogP contribution is -2.38. The minimum atomic E-state index is -0.963. The van der Waals surface area contributed by atoms with Gasteiger partial charge < -0.3 is 24.2 Å². The predicted octanol–water partition coefficient (Wildman–Crippen LogP) is 4.14. The van der Waals surface area contributed by atoms with Crippen molar-refractivity contribution < 1.29 is 28.9 Å². The van der Waals surface area contributed by atoms with Gasteiger partial charge in [0.15, 0.2) is 6.10 Å². The average Bonchev–Trinajstić information content (AvgIpc) is 3.25. The summed E-state index contributed by atoms with van der Waals surface area (Å²) in [6, 6.07) is 7.32. The van der Waals surface area contributed by atoms with Gasteiger partial charge in [0.1, 0.15) is 12.4 Å². The van der Waals surface area contributed by atoms with E-state index in [0.717, 1.165) is 18.5 Å². The number of aliphatic carboxylic acids is 1. The monoisotopic (exact) mass is 421 g/mol. The Hall–Kier alpha value is -2.28. The third-order valence-corrected chi connectivity index (χ3v) is 5.26. The van der Waals surface area contributed by atoms with Crippen LogP contribution < -0.4 is 4.74 Å². The lowest BCUT2D eigenvalue weighted by atomic mass is 10.1. The van der Waals surface area contributed by atoms with Gasteiger partial charge in [0.25, 0.3) is 0 Å². The van der Waals surface area contributed by atoms with Crippen LogP contribution in [0.3, 0.4) is 0 Å². The van der Waals surface area contributed by atoms with Crippen molar-refractivity contribution in [3.8, 4) is 5.75 Å². The van der Waals surface area contributed by atoms with Gasteiger partial charge in [-0.15, -0.1) is 0 Å². The fourth-order valence-electron chi connectivity index (χ4n) is 3.67. The molecule has 1 aliphatic rings.